The van der Waals surface area contributed by atoms with E-state index in [4.69, 9.17) is 4.74 Å². The molecule has 1 aromatic rings. The number of rotatable bonds is 10. The van der Waals surface area contributed by atoms with Crippen LogP contribution < -0.4 is 5.32 Å². The molecule has 0 spiro atoms. The number of sulfonamides is 1. The zero-order valence-electron chi connectivity index (χ0n) is 20.2. The molecular formula is C23H38N4O5S. The number of amides is 2. The molecule has 2 rings (SSSR count). The fourth-order valence-corrected chi connectivity index (χ4v) is 5.49. The van der Waals surface area contributed by atoms with Crippen molar-refractivity contribution in [2.75, 3.05) is 25.4 Å². The number of carbonyl (C=O) groups excluding carboxylic acids is 2. The summed E-state index contributed by atoms with van der Waals surface area (Å²) in [6.07, 6.45) is 6.10. The topological polar surface area (TPSA) is 109 Å². The molecule has 1 N–H and O–H groups in total. The molecule has 0 bridgehead atoms. The number of piperidine rings is 1. The maximum Gasteiger partial charge on any atom is 0.410 e. The van der Waals surface area contributed by atoms with E-state index in [0.717, 1.165) is 18.4 Å². The lowest BCUT2D eigenvalue weighted by Gasteiger charge is -2.33. The molecular weight excluding hydrogens is 444 g/mol. The van der Waals surface area contributed by atoms with Crippen LogP contribution in [0.1, 0.15) is 65.4 Å². The minimum absolute atomic E-state index is 0.0516. The molecule has 2 heterocycles. The van der Waals surface area contributed by atoms with E-state index in [2.05, 4.69) is 10.3 Å². The number of ether oxygens (including phenoxy) is 1. The van der Waals surface area contributed by atoms with Crippen molar-refractivity contribution in [3.63, 3.8) is 0 Å². The summed E-state index contributed by atoms with van der Waals surface area (Å²) in [7, 11) is -3.44. The third-order valence-electron chi connectivity index (χ3n) is 5.23. The van der Waals surface area contributed by atoms with Gasteiger partial charge in [0.05, 0.1) is 12.3 Å². The van der Waals surface area contributed by atoms with E-state index in [0.29, 0.717) is 45.4 Å². The molecule has 10 heteroatoms. The fraction of sp³-hybridized carbons (Fsp3) is 0.696. The first-order valence-corrected chi connectivity index (χ1v) is 13.3. The molecule has 1 aliphatic rings. The van der Waals surface area contributed by atoms with Gasteiger partial charge < -0.3 is 15.0 Å². The van der Waals surface area contributed by atoms with Crippen LogP contribution in [0.5, 0.6) is 0 Å². The Bertz CT molecular complexity index is 871. The van der Waals surface area contributed by atoms with Crippen LogP contribution in [0.25, 0.3) is 0 Å². The minimum Gasteiger partial charge on any atom is -0.444 e. The zero-order valence-corrected chi connectivity index (χ0v) is 21.1. The van der Waals surface area contributed by atoms with Crippen LogP contribution in [0.3, 0.4) is 0 Å². The Morgan fingerprint density at radius 2 is 2.06 bits per heavy atom. The summed E-state index contributed by atoms with van der Waals surface area (Å²) >= 11 is 0. The molecule has 0 aromatic carbocycles. The van der Waals surface area contributed by atoms with Crippen LogP contribution in [-0.2, 0) is 26.1 Å². The van der Waals surface area contributed by atoms with Gasteiger partial charge in [-0.15, -0.1) is 0 Å². The Kier molecular flexibility index (Phi) is 10.1. The highest BCUT2D eigenvalue weighted by Crippen LogP contribution is 2.21. The molecule has 0 aliphatic carbocycles. The summed E-state index contributed by atoms with van der Waals surface area (Å²) in [5.74, 6) is -0.221. The van der Waals surface area contributed by atoms with Gasteiger partial charge in [-0.2, -0.15) is 4.31 Å². The van der Waals surface area contributed by atoms with Crippen molar-refractivity contribution in [3.05, 3.63) is 30.1 Å². The second kappa shape index (κ2) is 12.3. The third kappa shape index (κ3) is 8.92. The van der Waals surface area contributed by atoms with Crippen LogP contribution >= 0.6 is 0 Å². The van der Waals surface area contributed by atoms with Crippen molar-refractivity contribution < 1.29 is 22.7 Å². The number of carbonyl (C=O) groups is 2. The Labute approximate surface area is 197 Å². The first-order chi connectivity index (χ1) is 15.5. The molecule has 1 saturated heterocycles. The Morgan fingerprint density at radius 1 is 1.30 bits per heavy atom. The molecule has 186 valence electrons. The molecule has 1 aromatic heterocycles. The predicted molar refractivity (Wildman–Crippen MR) is 127 cm³/mol. The van der Waals surface area contributed by atoms with Gasteiger partial charge in [0.15, 0.2) is 0 Å². The number of nitrogens with zero attached hydrogens (tertiary/aromatic N) is 3. The lowest BCUT2D eigenvalue weighted by atomic mass is 10.0. The Balaban J connectivity index is 1.94. The molecule has 1 fully saturated rings. The van der Waals surface area contributed by atoms with E-state index in [-0.39, 0.29) is 11.7 Å². The smallest absolute Gasteiger partial charge is 0.410 e. The van der Waals surface area contributed by atoms with Gasteiger partial charge in [0.25, 0.3) is 0 Å². The summed E-state index contributed by atoms with van der Waals surface area (Å²) in [6.45, 7) is 8.72. The van der Waals surface area contributed by atoms with Crippen molar-refractivity contribution >= 4 is 22.0 Å². The van der Waals surface area contributed by atoms with Gasteiger partial charge in [0, 0.05) is 32.0 Å². The van der Waals surface area contributed by atoms with E-state index in [1.54, 1.807) is 17.3 Å². The van der Waals surface area contributed by atoms with Gasteiger partial charge in [0.1, 0.15) is 11.6 Å². The second-order valence-corrected chi connectivity index (χ2v) is 11.4. The molecule has 33 heavy (non-hydrogen) atoms. The molecule has 0 radical (unpaired) electrons. The van der Waals surface area contributed by atoms with Gasteiger partial charge in [-0.3, -0.25) is 9.78 Å². The van der Waals surface area contributed by atoms with Gasteiger partial charge >= 0.3 is 6.09 Å². The SMILES string of the molecule is CCCS(=O)(=O)N1CCCCC1C(=O)NCCCN(Cc1cccnc1)C(=O)OC(C)(C)C. The van der Waals surface area contributed by atoms with Gasteiger partial charge in [-0.25, -0.2) is 13.2 Å². The quantitative estimate of drug-likeness (QED) is 0.514. The number of aromatic nitrogens is 1. The summed E-state index contributed by atoms with van der Waals surface area (Å²) < 4.78 is 32.0. The highest BCUT2D eigenvalue weighted by Gasteiger charge is 2.36. The fourth-order valence-electron chi connectivity index (χ4n) is 3.75. The summed E-state index contributed by atoms with van der Waals surface area (Å²) in [5, 5.41) is 2.87. The molecule has 0 saturated carbocycles. The van der Waals surface area contributed by atoms with Gasteiger partial charge in [-0.1, -0.05) is 19.4 Å². The van der Waals surface area contributed by atoms with Gasteiger partial charge in [-0.05, 0) is 58.1 Å². The van der Waals surface area contributed by atoms with Crippen molar-refractivity contribution in [1.29, 1.82) is 0 Å². The minimum atomic E-state index is -3.44. The zero-order chi connectivity index (χ0) is 24.5. The highest BCUT2D eigenvalue weighted by molar-refractivity contribution is 7.89. The summed E-state index contributed by atoms with van der Waals surface area (Å²) in [4.78, 5) is 31.1. The average molecular weight is 483 g/mol. The summed E-state index contributed by atoms with van der Waals surface area (Å²) in [6, 6.07) is 3.04. The third-order valence-corrected chi connectivity index (χ3v) is 7.30. The highest BCUT2D eigenvalue weighted by atomic mass is 32.2. The molecule has 1 atom stereocenters. The maximum atomic E-state index is 12.8. The number of hydrogen-bond donors (Lipinski definition) is 1. The van der Waals surface area contributed by atoms with Crippen molar-refractivity contribution in [2.24, 2.45) is 0 Å². The van der Waals surface area contributed by atoms with Gasteiger partial charge in [0.2, 0.25) is 15.9 Å². The molecule has 1 aliphatic heterocycles. The van der Waals surface area contributed by atoms with Crippen LogP contribution in [0.15, 0.2) is 24.5 Å². The van der Waals surface area contributed by atoms with Crippen LogP contribution in [0.2, 0.25) is 0 Å². The van der Waals surface area contributed by atoms with Crippen molar-refractivity contribution in [1.82, 2.24) is 19.5 Å². The first kappa shape index (κ1) is 27.0. The van der Waals surface area contributed by atoms with E-state index >= 15 is 0 Å². The largest absolute Gasteiger partial charge is 0.444 e. The summed E-state index contributed by atoms with van der Waals surface area (Å²) in [5.41, 5.74) is 0.263. The van der Waals surface area contributed by atoms with E-state index in [9.17, 15) is 18.0 Å². The molecule has 2 amide bonds. The van der Waals surface area contributed by atoms with E-state index in [1.807, 2.05) is 39.8 Å². The normalized spacial score (nSPS) is 17.4. The van der Waals surface area contributed by atoms with Crippen molar-refractivity contribution in [3.8, 4) is 0 Å². The molecule has 9 nitrogen and oxygen atoms in total. The number of pyridine rings is 1. The van der Waals surface area contributed by atoms with Crippen LogP contribution in [0.4, 0.5) is 4.79 Å². The number of nitrogens with one attached hydrogen (secondary N) is 1. The standard InChI is InChI=1S/C23H38N4O5S/c1-5-16-33(30,31)27-15-7-6-11-20(27)21(28)25-13-9-14-26(22(29)32-23(2,3)4)18-19-10-8-12-24-17-19/h8,10,12,17,20H,5-7,9,11,13-16,18H2,1-4H3,(H,25,28). The Morgan fingerprint density at radius 3 is 2.70 bits per heavy atom. The lowest BCUT2D eigenvalue weighted by molar-refractivity contribution is -0.125. The monoisotopic (exact) mass is 482 g/mol. The van der Waals surface area contributed by atoms with Crippen LogP contribution in [0, 0.1) is 0 Å². The van der Waals surface area contributed by atoms with Crippen LogP contribution in [-0.4, -0.2) is 71.6 Å². The van der Waals surface area contributed by atoms with Crippen molar-refractivity contribution in [2.45, 2.75) is 78.0 Å². The average Bonchev–Trinajstić information content (AvgIpc) is 2.75. The first-order valence-electron chi connectivity index (χ1n) is 11.7. The number of hydrogen-bond acceptors (Lipinski definition) is 6. The predicted octanol–water partition coefficient (Wildman–Crippen LogP) is 2.92. The maximum absolute atomic E-state index is 12.8. The van der Waals surface area contributed by atoms with E-state index in [1.165, 1.54) is 4.31 Å². The second-order valence-electron chi connectivity index (χ2n) is 9.35. The van der Waals surface area contributed by atoms with E-state index < -0.39 is 27.8 Å². The lowest BCUT2D eigenvalue weighted by Crippen LogP contribution is -2.52. The molecule has 1 unspecified atom stereocenters. The Hall–Kier alpha value is -2.20.